The third-order valence-electron chi connectivity index (χ3n) is 3.08. The average Bonchev–Trinajstić information content (AvgIpc) is 2.48. The molecule has 0 spiro atoms. The summed E-state index contributed by atoms with van der Waals surface area (Å²) in [5.41, 5.74) is 1.08. The number of nitrogens with one attached hydrogen (secondary N) is 1. The molecule has 4 nitrogen and oxygen atoms in total. The van der Waals surface area contributed by atoms with Gasteiger partial charge in [-0.3, -0.25) is 9.59 Å². The van der Waals surface area contributed by atoms with Crippen molar-refractivity contribution < 1.29 is 9.59 Å². The fourth-order valence-corrected chi connectivity index (χ4v) is 2.17. The SMILES string of the molecule is CCCN(CCC)C(=O)C(=O)NCCc1ccc(Cl)cc1. The summed E-state index contributed by atoms with van der Waals surface area (Å²) < 4.78 is 0. The van der Waals surface area contributed by atoms with Gasteiger partial charge in [-0.25, -0.2) is 0 Å². The smallest absolute Gasteiger partial charge is 0.311 e. The monoisotopic (exact) mass is 310 g/mol. The van der Waals surface area contributed by atoms with E-state index >= 15 is 0 Å². The number of benzene rings is 1. The lowest BCUT2D eigenvalue weighted by Crippen LogP contribution is -2.44. The molecule has 1 aromatic carbocycles. The van der Waals surface area contributed by atoms with Crippen LogP contribution in [0.1, 0.15) is 32.3 Å². The summed E-state index contributed by atoms with van der Waals surface area (Å²) in [7, 11) is 0. The van der Waals surface area contributed by atoms with Crippen LogP contribution in [-0.4, -0.2) is 36.3 Å². The highest BCUT2D eigenvalue weighted by atomic mass is 35.5. The molecule has 0 saturated heterocycles. The van der Waals surface area contributed by atoms with E-state index in [1.165, 1.54) is 0 Å². The number of hydrogen-bond donors (Lipinski definition) is 1. The van der Waals surface area contributed by atoms with Crippen molar-refractivity contribution in [3.05, 3.63) is 34.9 Å². The van der Waals surface area contributed by atoms with Crippen LogP contribution in [0.2, 0.25) is 5.02 Å². The van der Waals surface area contributed by atoms with Crippen LogP contribution in [0.3, 0.4) is 0 Å². The van der Waals surface area contributed by atoms with Crippen LogP contribution in [0.25, 0.3) is 0 Å². The third-order valence-corrected chi connectivity index (χ3v) is 3.33. The molecule has 0 radical (unpaired) electrons. The van der Waals surface area contributed by atoms with Crippen molar-refractivity contribution in [2.75, 3.05) is 19.6 Å². The summed E-state index contributed by atoms with van der Waals surface area (Å²) in [6.45, 7) is 5.68. The number of amides is 2. The molecule has 0 aromatic heterocycles. The lowest BCUT2D eigenvalue weighted by atomic mass is 10.1. The second kappa shape index (κ2) is 9.40. The number of nitrogens with zero attached hydrogens (tertiary/aromatic N) is 1. The molecule has 0 aliphatic rings. The quantitative estimate of drug-likeness (QED) is 0.787. The highest BCUT2D eigenvalue weighted by Gasteiger charge is 2.19. The van der Waals surface area contributed by atoms with Gasteiger partial charge in [0.05, 0.1) is 0 Å². The van der Waals surface area contributed by atoms with E-state index in [9.17, 15) is 9.59 Å². The number of halogens is 1. The van der Waals surface area contributed by atoms with Gasteiger partial charge in [0.1, 0.15) is 0 Å². The van der Waals surface area contributed by atoms with Crippen LogP contribution in [0.15, 0.2) is 24.3 Å². The van der Waals surface area contributed by atoms with Gasteiger partial charge >= 0.3 is 11.8 Å². The van der Waals surface area contributed by atoms with Gasteiger partial charge in [-0.05, 0) is 37.0 Å². The first kappa shape index (κ1) is 17.5. The Bertz CT molecular complexity index is 454. The second-order valence-corrected chi connectivity index (χ2v) is 5.36. The minimum atomic E-state index is -0.522. The van der Waals surface area contributed by atoms with Crippen molar-refractivity contribution in [3.8, 4) is 0 Å². The van der Waals surface area contributed by atoms with Crippen molar-refractivity contribution in [2.45, 2.75) is 33.1 Å². The molecule has 0 saturated carbocycles. The summed E-state index contributed by atoms with van der Waals surface area (Å²) in [4.78, 5) is 25.5. The van der Waals surface area contributed by atoms with Crippen LogP contribution in [-0.2, 0) is 16.0 Å². The lowest BCUT2D eigenvalue weighted by molar-refractivity contribution is -0.145. The van der Waals surface area contributed by atoms with Crippen LogP contribution in [0.4, 0.5) is 0 Å². The average molecular weight is 311 g/mol. The predicted molar refractivity (Wildman–Crippen MR) is 85.3 cm³/mol. The van der Waals surface area contributed by atoms with Crippen molar-refractivity contribution in [1.82, 2.24) is 10.2 Å². The Balaban J connectivity index is 2.41. The van der Waals surface area contributed by atoms with E-state index in [0.29, 0.717) is 31.1 Å². The fraction of sp³-hybridized carbons (Fsp3) is 0.500. The van der Waals surface area contributed by atoms with Gasteiger partial charge in [0.15, 0.2) is 0 Å². The van der Waals surface area contributed by atoms with Gasteiger partial charge in [0.25, 0.3) is 0 Å². The fourth-order valence-electron chi connectivity index (χ4n) is 2.05. The molecule has 0 heterocycles. The molecule has 21 heavy (non-hydrogen) atoms. The first-order valence-electron chi connectivity index (χ1n) is 7.40. The number of hydrogen-bond acceptors (Lipinski definition) is 2. The summed E-state index contributed by atoms with van der Waals surface area (Å²) in [6, 6.07) is 7.45. The first-order valence-corrected chi connectivity index (χ1v) is 7.77. The molecule has 0 unspecified atom stereocenters. The minimum Gasteiger partial charge on any atom is -0.347 e. The van der Waals surface area contributed by atoms with Crippen LogP contribution < -0.4 is 5.32 Å². The highest BCUT2D eigenvalue weighted by molar-refractivity contribution is 6.35. The van der Waals surface area contributed by atoms with E-state index < -0.39 is 11.8 Å². The standard InChI is InChI=1S/C16H23ClN2O2/c1-3-11-19(12-4-2)16(21)15(20)18-10-9-13-5-7-14(17)8-6-13/h5-8H,3-4,9-12H2,1-2H3,(H,18,20). The molecule has 0 bridgehead atoms. The highest BCUT2D eigenvalue weighted by Crippen LogP contribution is 2.09. The van der Waals surface area contributed by atoms with Gasteiger partial charge < -0.3 is 10.2 Å². The number of carbonyl (C=O) groups is 2. The molecule has 0 aliphatic heterocycles. The summed E-state index contributed by atoms with van der Waals surface area (Å²) >= 11 is 5.81. The molecule has 2 amide bonds. The van der Waals surface area contributed by atoms with E-state index in [-0.39, 0.29) is 0 Å². The Hall–Kier alpha value is -1.55. The zero-order valence-electron chi connectivity index (χ0n) is 12.7. The molecule has 0 atom stereocenters. The van der Waals surface area contributed by atoms with Gasteiger partial charge in [0.2, 0.25) is 0 Å². The normalized spacial score (nSPS) is 10.2. The van der Waals surface area contributed by atoms with Crippen molar-refractivity contribution in [2.24, 2.45) is 0 Å². The molecule has 0 fully saturated rings. The lowest BCUT2D eigenvalue weighted by Gasteiger charge is -2.20. The number of rotatable bonds is 7. The summed E-state index contributed by atoms with van der Waals surface area (Å²) in [6.07, 6.45) is 2.38. The molecular weight excluding hydrogens is 288 g/mol. The molecule has 1 N–H and O–H groups in total. The van der Waals surface area contributed by atoms with E-state index in [2.05, 4.69) is 5.32 Å². The van der Waals surface area contributed by atoms with E-state index in [4.69, 9.17) is 11.6 Å². The van der Waals surface area contributed by atoms with Crippen LogP contribution in [0, 0.1) is 0 Å². The zero-order chi connectivity index (χ0) is 15.7. The molecule has 1 rings (SSSR count). The van der Waals surface area contributed by atoms with Gasteiger partial charge in [0, 0.05) is 24.7 Å². The predicted octanol–water partition coefficient (Wildman–Crippen LogP) is 2.65. The Labute approximate surface area is 131 Å². The van der Waals surface area contributed by atoms with Crippen molar-refractivity contribution >= 4 is 23.4 Å². The van der Waals surface area contributed by atoms with E-state index in [0.717, 1.165) is 18.4 Å². The van der Waals surface area contributed by atoms with Crippen LogP contribution >= 0.6 is 11.6 Å². The largest absolute Gasteiger partial charge is 0.347 e. The molecule has 5 heteroatoms. The van der Waals surface area contributed by atoms with Gasteiger partial charge in [-0.2, -0.15) is 0 Å². The van der Waals surface area contributed by atoms with Gasteiger partial charge in [-0.1, -0.05) is 37.6 Å². The minimum absolute atomic E-state index is 0.435. The maximum absolute atomic E-state index is 12.0. The maximum Gasteiger partial charge on any atom is 0.311 e. The van der Waals surface area contributed by atoms with E-state index in [1.54, 1.807) is 4.90 Å². The second-order valence-electron chi connectivity index (χ2n) is 4.92. The first-order chi connectivity index (χ1) is 10.1. The molecule has 116 valence electrons. The Kier molecular flexibility index (Phi) is 7.83. The summed E-state index contributed by atoms with van der Waals surface area (Å²) in [5.74, 6) is -0.958. The molecular formula is C16H23ClN2O2. The van der Waals surface area contributed by atoms with Gasteiger partial charge in [-0.15, -0.1) is 0 Å². The van der Waals surface area contributed by atoms with Crippen LogP contribution in [0.5, 0.6) is 0 Å². The molecule has 0 aliphatic carbocycles. The van der Waals surface area contributed by atoms with Crippen molar-refractivity contribution in [3.63, 3.8) is 0 Å². The van der Waals surface area contributed by atoms with E-state index in [1.807, 2.05) is 38.1 Å². The molecule has 1 aromatic rings. The Morgan fingerprint density at radius 2 is 1.67 bits per heavy atom. The topological polar surface area (TPSA) is 49.4 Å². The third kappa shape index (κ3) is 6.17. The zero-order valence-corrected chi connectivity index (χ0v) is 13.4. The Morgan fingerprint density at radius 1 is 1.10 bits per heavy atom. The number of carbonyl (C=O) groups excluding carboxylic acids is 2. The maximum atomic E-state index is 12.0. The van der Waals surface area contributed by atoms with Crippen molar-refractivity contribution in [1.29, 1.82) is 0 Å². The Morgan fingerprint density at radius 3 is 2.19 bits per heavy atom. The summed E-state index contributed by atoms with van der Waals surface area (Å²) in [5, 5.41) is 3.37.